The van der Waals surface area contributed by atoms with Crippen LogP contribution in [0.5, 0.6) is 11.5 Å². The molecule has 0 fully saturated rings. The van der Waals surface area contributed by atoms with Crippen molar-refractivity contribution >= 4 is 11.6 Å². The monoisotopic (exact) mass is 321 g/mol. The van der Waals surface area contributed by atoms with Crippen molar-refractivity contribution in [1.82, 2.24) is 0 Å². The fourth-order valence-corrected chi connectivity index (χ4v) is 2.08. The van der Waals surface area contributed by atoms with Gasteiger partial charge in [-0.05, 0) is 61.4 Å². The quantitative estimate of drug-likeness (QED) is 0.877. The summed E-state index contributed by atoms with van der Waals surface area (Å²) >= 11 is 0. The second-order valence-electron chi connectivity index (χ2n) is 5.06. The third kappa shape index (κ3) is 5.58. The molecule has 0 unspecified atom stereocenters. The molecule has 0 aliphatic carbocycles. The fourth-order valence-electron chi connectivity index (χ4n) is 2.08. The van der Waals surface area contributed by atoms with Crippen LogP contribution in [0.4, 0.5) is 14.5 Å². The molecule has 23 heavy (non-hydrogen) atoms. The Morgan fingerprint density at radius 3 is 2.22 bits per heavy atom. The maximum atomic E-state index is 12.0. The molecular formula is C17H17F2NO3. The molecule has 0 atom stereocenters. The Balaban J connectivity index is 1.87. The molecule has 2 aromatic rings. The number of halogens is 2. The van der Waals surface area contributed by atoms with Crippen LogP contribution in [0, 0.1) is 13.8 Å². The molecule has 0 saturated heterocycles. The van der Waals surface area contributed by atoms with E-state index in [1.165, 1.54) is 24.3 Å². The minimum atomic E-state index is -2.87. The van der Waals surface area contributed by atoms with Gasteiger partial charge in [-0.3, -0.25) is 4.79 Å². The van der Waals surface area contributed by atoms with Gasteiger partial charge in [-0.25, -0.2) is 0 Å². The highest BCUT2D eigenvalue weighted by Gasteiger charge is 2.07. The van der Waals surface area contributed by atoms with Crippen molar-refractivity contribution in [3.8, 4) is 11.5 Å². The number of nitrogens with one attached hydrogen (secondary N) is 1. The van der Waals surface area contributed by atoms with Gasteiger partial charge in [0.2, 0.25) is 0 Å². The van der Waals surface area contributed by atoms with Crippen LogP contribution >= 0.6 is 0 Å². The van der Waals surface area contributed by atoms with Gasteiger partial charge < -0.3 is 14.8 Å². The number of anilines is 1. The predicted molar refractivity (Wildman–Crippen MR) is 83.1 cm³/mol. The van der Waals surface area contributed by atoms with Gasteiger partial charge in [0.15, 0.2) is 6.61 Å². The third-order valence-electron chi connectivity index (χ3n) is 2.93. The minimum absolute atomic E-state index is 0.0319. The summed E-state index contributed by atoms with van der Waals surface area (Å²) in [6.07, 6.45) is 0. The van der Waals surface area contributed by atoms with Crippen LogP contribution in [-0.2, 0) is 4.79 Å². The fraction of sp³-hybridized carbons (Fsp3) is 0.235. The maximum absolute atomic E-state index is 12.0. The molecule has 0 heterocycles. The number of aryl methyl sites for hydroxylation is 2. The van der Waals surface area contributed by atoms with Gasteiger partial charge in [-0.2, -0.15) is 8.78 Å². The number of alkyl halides is 2. The van der Waals surface area contributed by atoms with E-state index in [1.807, 2.05) is 32.0 Å². The van der Waals surface area contributed by atoms with Gasteiger partial charge in [-0.15, -0.1) is 0 Å². The number of rotatable bonds is 6. The lowest BCUT2D eigenvalue weighted by Crippen LogP contribution is -2.20. The molecule has 1 amide bonds. The lowest BCUT2D eigenvalue weighted by molar-refractivity contribution is -0.118. The number of carbonyl (C=O) groups is 1. The molecular weight excluding hydrogens is 304 g/mol. The van der Waals surface area contributed by atoms with E-state index in [-0.39, 0.29) is 18.3 Å². The smallest absolute Gasteiger partial charge is 0.387 e. The number of benzene rings is 2. The standard InChI is InChI=1S/C17H17F2NO3/c1-11-7-12(2)9-15(8-11)22-10-16(21)20-13-3-5-14(6-4-13)23-17(18)19/h3-9,17H,10H2,1-2H3,(H,20,21). The van der Waals surface area contributed by atoms with Gasteiger partial charge >= 0.3 is 6.61 Å². The molecule has 2 aromatic carbocycles. The van der Waals surface area contributed by atoms with Gasteiger partial charge in [0.25, 0.3) is 5.91 Å². The second-order valence-corrected chi connectivity index (χ2v) is 5.06. The van der Waals surface area contributed by atoms with Crippen LogP contribution < -0.4 is 14.8 Å². The minimum Gasteiger partial charge on any atom is -0.484 e. The average Bonchev–Trinajstić information content (AvgIpc) is 2.46. The van der Waals surface area contributed by atoms with Gasteiger partial charge in [0.05, 0.1) is 0 Å². The highest BCUT2D eigenvalue weighted by molar-refractivity contribution is 5.91. The Kier molecular flexibility index (Phi) is 5.51. The van der Waals surface area contributed by atoms with Crippen molar-refractivity contribution in [3.05, 3.63) is 53.6 Å². The van der Waals surface area contributed by atoms with Crippen molar-refractivity contribution in [2.45, 2.75) is 20.5 Å². The molecule has 0 saturated carbocycles. The molecule has 0 aliphatic heterocycles. The first kappa shape index (κ1) is 16.7. The summed E-state index contributed by atoms with van der Waals surface area (Å²) in [4.78, 5) is 11.8. The van der Waals surface area contributed by atoms with E-state index >= 15 is 0 Å². The highest BCUT2D eigenvalue weighted by Crippen LogP contribution is 2.18. The lowest BCUT2D eigenvalue weighted by Gasteiger charge is -2.10. The highest BCUT2D eigenvalue weighted by atomic mass is 19.3. The molecule has 1 N–H and O–H groups in total. The molecule has 0 radical (unpaired) electrons. The Morgan fingerprint density at radius 1 is 1.04 bits per heavy atom. The first-order valence-electron chi connectivity index (χ1n) is 6.98. The number of carbonyl (C=O) groups excluding carboxylic acids is 1. The van der Waals surface area contributed by atoms with Crippen molar-refractivity contribution in [2.24, 2.45) is 0 Å². The molecule has 0 spiro atoms. The van der Waals surface area contributed by atoms with Crippen LogP contribution in [0.2, 0.25) is 0 Å². The number of amides is 1. The molecule has 0 aromatic heterocycles. The maximum Gasteiger partial charge on any atom is 0.387 e. The lowest BCUT2D eigenvalue weighted by atomic mass is 10.1. The zero-order valence-electron chi connectivity index (χ0n) is 12.8. The van der Waals surface area contributed by atoms with Crippen LogP contribution in [0.1, 0.15) is 11.1 Å². The van der Waals surface area contributed by atoms with Crippen LogP contribution in [0.25, 0.3) is 0 Å². The summed E-state index contributed by atoms with van der Waals surface area (Å²) in [6.45, 7) is 0.881. The number of hydrogen-bond donors (Lipinski definition) is 1. The summed E-state index contributed by atoms with van der Waals surface area (Å²) in [7, 11) is 0. The first-order valence-corrected chi connectivity index (χ1v) is 6.98. The third-order valence-corrected chi connectivity index (χ3v) is 2.93. The molecule has 0 bridgehead atoms. The summed E-state index contributed by atoms with van der Waals surface area (Å²) in [5.74, 6) is 0.314. The van der Waals surface area contributed by atoms with E-state index in [2.05, 4.69) is 10.1 Å². The topological polar surface area (TPSA) is 47.6 Å². The van der Waals surface area contributed by atoms with Crippen LogP contribution in [-0.4, -0.2) is 19.1 Å². The Labute approximate surface area is 133 Å². The zero-order valence-corrected chi connectivity index (χ0v) is 12.8. The zero-order chi connectivity index (χ0) is 16.8. The normalized spacial score (nSPS) is 10.5. The molecule has 6 heteroatoms. The molecule has 0 aliphatic rings. The van der Waals surface area contributed by atoms with Gasteiger partial charge in [-0.1, -0.05) is 6.07 Å². The van der Waals surface area contributed by atoms with E-state index < -0.39 is 6.61 Å². The molecule has 4 nitrogen and oxygen atoms in total. The summed E-state index contributed by atoms with van der Waals surface area (Å²) < 4.78 is 33.8. The first-order chi connectivity index (χ1) is 10.9. The number of hydrogen-bond acceptors (Lipinski definition) is 3. The Hall–Kier alpha value is -2.63. The predicted octanol–water partition coefficient (Wildman–Crippen LogP) is 3.92. The van der Waals surface area contributed by atoms with E-state index in [4.69, 9.17) is 4.74 Å². The number of ether oxygens (including phenoxy) is 2. The Bertz CT molecular complexity index is 652. The summed E-state index contributed by atoms with van der Waals surface area (Å²) in [5.41, 5.74) is 2.57. The van der Waals surface area contributed by atoms with Crippen LogP contribution in [0.3, 0.4) is 0 Å². The average molecular weight is 321 g/mol. The van der Waals surface area contributed by atoms with E-state index in [0.717, 1.165) is 11.1 Å². The van der Waals surface area contributed by atoms with E-state index in [9.17, 15) is 13.6 Å². The largest absolute Gasteiger partial charge is 0.484 e. The van der Waals surface area contributed by atoms with E-state index in [0.29, 0.717) is 11.4 Å². The van der Waals surface area contributed by atoms with Crippen molar-refractivity contribution in [1.29, 1.82) is 0 Å². The van der Waals surface area contributed by atoms with Gasteiger partial charge in [0.1, 0.15) is 11.5 Å². The summed E-state index contributed by atoms with van der Waals surface area (Å²) in [5, 5.41) is 2.61. The molecule has 2 rings (SSSR count). The molecule has 122 valence electrons. The summed E-state index contributed by atoms with van der Waals surface area (Å²) in [6, 6.07) is 11.4. The van der Waals surface area contributed by atoms with Crippen LogP contribution in [0.15, 0.2) is 42.5 Å². The van der Waals surface area contributed by atoms with Crippen molar-refractivity contribution in [2.75, 3.05) is 11.9 Å². The SMILES string of the molecule is Cc1cc(C)cc(OCC(=O)Nc2ccc(OC(F)F)cc2)c1. The second kappa shape index (κ2) is 7.58. The van der Waals surface area contributed by atoms with Gasteiger partial charge in [0, 0.05) is 5.69 Å². The van der Waals surface area contributed by atoms with Crippen molar-refractivity contribution < 1.29 is 23.0 Å². The van der Waals surface area contributed by atoms with Crippen molar-refractivity contribution in [3.63, 3.8) is 0 Å². The van der Waals surface area contributed by atoms with E-state index in [1.54, 1.807) is 0 Å². The Morgan fingerprint density at radius 2 is 1.65 bits per heavy atom.